The number of anilines is 2. The normalized spacial score (nSPS) is 17.6. The highest BCUT2D eigenvalue weighted by Gasteiger charge is 2.47. The van der Waals surface area contributed by atoms with Crippen LogP contribution in [0.5, 0.6) is 11.5 Å². The fourth-order valence-corrected chi connectivity index (χ4v) is 3.86. The van der Waals surface area contributed by atoms with Crippen molar-refractivity contribution in [2.24, 2.45) is 0 Å². The van der Waals surface area contributed by atoms with Gasteiger partial charge in [-0.15, -0.1) is 0 Å². The molecule has 0 radical (unpaired) electrons. The second kappa shape index (κ2) is 8.68. The number of rotatable bonds is 5. The van der Waals surface area contributed by atoms with Crippen LogP contribution in [0.25, 0.3) is 0 Å². The molecule has 10 heteroatoms. The summed E-state index contributed by atoms with van der Waals surface area (Å²) in [4.78, 5) is 13.0. The van der Waals surface area contributed by atoms with Gasteiger partial charge in [-0.3, -0.25) is 4.79 Å². The third-order valence-corrected chi connectivity index (χ3v) is 5.60. The Labute approximate surface area is 188 Å². The molecule has 0 fully saturated rings. The quantitative estimate of drug-likeness (QED) is 0.553. The lowest BCUT2D eigenvalue weighted by atomic mass is 9.96. The van der Waals surface area contributed by atoms with E-state index >= 15 is 0 Å². The van der Waals surface area contributed by atoms with Gasteiger partial charge in [0, 0.05) is 18.2 Å². The molecule has 7 nitrogen and oxygen atoms in total. The summed E-state index contributed by atoms with van der Waals surface area (Å²) in [6, 6.07) is 9.56. The number of hydrogen-bond donors (Lipinski definition) is 2. The fourth-order valence-electron chi connectivity index (χ4n) is 3.86. The first-order chi connectivity index (χ1) is 15.7. The van der Waals surface area contributed by atoms with Crippen molar-refractivity contribution in [2.45, 2.75) is 31.6 Å². The van der Waals surface area contributed by atoms with E-state index < -0.39 is 24.2 Å². The maximum absolute atomic E-state index is 13.9. The number of alkyl halides is 3. The highest BCUT2D eigenvalue weighted by atomic mass is 19.4. The molecule has 2 aromatic carbocycles. The SMILES string of the molecule is COc1ccc(NC(=O)c2cnn3c2N[C@@H](c2ccc(C)cc2)C[C@@H]3C(F)(F)F)cc1OC. The largest absolute Gasteiger partial charge is 0.493 e. The molecule has 2 N–H and O–H groups in total. The smallest absolute Gasteiger partial charge is 0.410 e. The van der Waals surface area contributed by atoms with Crippen LogP contribution in [0.15, 0.2) is 48.7 Å². The van der Waals surface area contributed by atoms with Gasteiger partial charge in [-0.25, -0.2) is 4.68 Å². The van der Waals surface area contributed by atoms with Crippen molar-refractivity contribution >= 4 is 17.4 Å². The maximum atomic E-state index is 13.9. The first-order valence-corrected chi connectivity index (χ1v) is 10.2. The van der Waals surface area contributed by atoms with E-state index in [-0.39, 0.29) is 17.8 Å². The second-order valence-electron chi connectivity index (χ2n) is 7.78. The van der Waals surface area contributed by atoms with Crippen LogP contribution in [0, 0.1) is 6.92 Å². The predicted octanol–water partition coefficient (Wildman–Crippen LogP) is 5.12. The lowest BCUT2D eigenvalue weighted by Crippen LogP contribution is -2.36. The summed E-state index contributed by atoms with van der Waals surface area (Å²) in [6.45, 7) is 1.91. The van der Waals surface area contributed by atoms with Crippen LogP contribution >= 0.6 is 0 Å². The van der Waals surface area contributed by atoms with Crippen molar-refractivity contribution in [3.63, 3.8) is 0 Å². The molecule has 0 spiro atoms. The van der Waals surface area contributed by atoms with E-state index in [1.54, 1.807) is 30.3 Å². The van der Waals surface area contributed by atoms with Crippen LogP contribution in [0.4, 0.5) is 24.7 Å². The van der Waals surface area contributed by atoms with E-state index in [0.29, 0.717) is 22.7 Å². The topological polar surface area (TPSA) is 77.4 Å². The molecule has 0 unspecified atom stereocenters. The summed E-state index contributed by atoms with van der Waals surface area (Å²) in [7, 11) is 2.95. The third kappa shape index (κ3) is 4.46. The van der Waals surface area contributed by atoms with Gasteiger partial charge in [-0.05, 0) is 24.6 Å². The Morgan fingerprint density at radius 1 is 1.12 bits per heavy atom. The molecule has 4 rings (SSSR count). The number of carbonyl (C=O) groups excluding carboxylic acids is 1. The van der Waals surface area contributed by atoms with Gasteiger partial charge in [0.05, 0.1) is 26.5 Å². The van der Waals surface area contributed by atoms with Crippen LogP contribution in [-0.4, -0.2) is 36.1 Å². The zero-order valence-corrected chi connectivity index (χ0v) is 18.2. The minimum atomic E-state index is -4.52. The maximum Gasteiger partial charge on any atom is 0.410 e. The number of aryl methyl sites for hydroxylation is 1. The molecule has 0 bridgehead atoms. The molecule has 3 aromatic rings. The minimum absolute atomic E-state index is 0.0100. The number of hydrogen-bond acceptors (Lipinski definition) is 5. The molecule has 0 saturated heterocycles. The number of benzene rings is 2. The molecule has 174 valence electrons. The van der Waals surface area contributed by atoms with Crippen LogP contribution < -0.4 is 20.1 Å². The lowest BCUT2D eigenvalue weighted by molar-refractivity contribution is -0.173. The number of fused-ring (bicyclic) bond motifs is 1. The predicted molar refractivity (Wildman–Crippen MR) is 117 cm³/mol. The molecule has 1 aliphatic rings. The number of amides is 1. The Bertz CT molecular complexity index is 1160. The first-order valence-electron chi connectivity index (χ1n) is 10.2. The van der Waals surface area contributed by atoms with Crippen molar-refractivity contribution in [1.82, 2.24) is 9.78 Å². The summed E-state index contributed by atoms with van der Waals surface area (Å²) in [6.07, 6.45) is -3.62. The van der Waals surface area contributed by atoms with Gasteiger partial charge >= 0.3 is 6.18 Å². The average molecular weight is 460 g/mol. The van der Waals surface area contributed by atoms with Crippen molar-refractivity contribution in [2.75, 3.05) is 24.9 Å². The summed E-state index contributed by atoms with van der Waals surface area (Å²) in [5.74, 6) is 0.310. The number of methoxy groups -OCH3 is 2. The summed E-state index contributed by atoms with van der Waals surface area (Å²) >= 11 is 0. The Morgan fingerprint density at radius 2 is 1.82 bits per heavy atom. The lowest BCUT2D eigenvalue weighted by Gasteiger charge is -2.34. The van der Waals surface area contributed by atoms with Gasteiger partial charge in [-0.2, -0.15) is 18.3 Å². The average Bonchev–Trinajstić information content (AvgIpc) is 3.22. The second-order valence-corrected chi connectivity index (χ2v) is 7.78. The van der Waals surface area contributed by atoms with Gasteiger partial charge in [0.15, 0.2) is 17.5 Å². The molecular formula is C23H23F3N4O3. The van der Waals surface area contributed by atoms with Gasteiger partial charge < -0.3 is 20.1 Å². The van der Waals surface area contributed by atoms with Crippen molar-refractivity contribution in [1.29, 1.82) is 0 Å². The third-order valence-electron chi connectivity index (χ3n) is 5.60. The number of aromatic nitrogens is 2. The molecule has 2 heterocycles. The number of carbonyl (C=O) groups is 1. The summed E-state index contributed by atoms with van der Waals surface area (Å²) in [5, 5.41) is 9.67. The Morgan fingerprint density at radius 3 is 2.45 bits per heavy atom. The molecule has 0 aliphatic carbocycles. The van der Waals surface area contributed by atoms with Crippen molar-refractivity contribution in [3.05, 3.63) is 65.4 Å². The Hall–Kier alpha value is -3.69. The van der Waals surface area contributed by atoms with Crippen LogP contribution in [0.3, 0.4) is 0 Å². The van der Waals surface area contributed by atoms with Crippen molar-refractivity contribution in [3.8, 4) is 11.5 Å². The highest BCUT2D eigenvalue weighted by molar-refractivity contribution is 6.07. The van der Waals surface area contributed by atoms with Gasteiger partial charge in [0.25, 0.3) is 5.91 Å². The minimum Gasteiger partial charge on any atom is -0.493 e. The van der Waals surface area contributed by atoms with Crippen LogP contribution in [0.1, 0.15) is 40.0 Å². The van der Waals surface area contributed by atoms with E-state index in [1.165, 1.54) is 14.2 Å². The molecule has 0 saturated carbocycles. The van der Waals surface area contributed by atoms with E-state index in [0.717, 1.165) is 16.4 Å². The van der Waals surface area contributed by atoms with Crippen LogP contribution in [-0.2, 0) is 0 Å². The first kappa shape index (κ1) is 22.5. The zero-order chi connectivity index (χ0) is 23.8. The number of ether oxygens (including phenoxy) is 2. The van der Waals surface area contributed by atoms with Crippen LogP contribution in [0.2, 0.25) is 0 Å². The summed E-state index contributed by atoms with van der Waals surface area (Å²) in [5.41, 5.74) is 2.11. The van der Waals surface area contributed by atoms with E-state index in [4.69, 9.17) is 9.47 Å². The monoisotopic (exact) mass is 460 g/mol. The Kier molecular flexibility index (Phi) is 5.92. The van der Waals surface area contributed by atoms with E-state index in [2.05, 4.69) is 15.7 Å². The van der Waals surface area contributed by atoms with E-state index in [9.17, 15) is 18.0 Å². The van der Waals surface area contributed by atoms with Gasteiger partial charge in [0.1, 0.15) is 11.4 Å². The number of nitrogens with zero attached hydrogens (tertiary/aromatic N) is 2. The molecule has 33 heavy (non-hydrogen) atoms. The highest BCUT2D eigenvalue weighted by Crippen LogP contribution is 2.44. The number of halogens is 3. The Balaban J connectivity index is 1.66. The van der Waals surface area contributed by atoms with Crippen molar-refractivity contribution < 1.29 is 27.4 Å². The van der Waals surface area contributed by atoms with Gasteiger partial charge in [-0.1, -0.05) is 29.8 Å². The molecule has 1 aromatic heterocycles. The molecule has 1 amide bonds. The summed E-state index contributed by atoms with van der Waals surface area (Å²) < 4.78 is 52.9. The zero-order valence-electron chi connectivity index (χ0n) is 18.2. The fraction of sp³-hybridized carbons (Fsp3) is 0.304. The molecule has 2 atom stereocenters. The standard InChI is InChI=1S/C23H23F3N4O3/c1-13-4-6-14(7-5-13)17-11-20(23(24,25)26)30-21(29-17)16(12-27-30)22(31)28-15-8-9-18(32-2)19(10-15)33-3/h4-10,12,17,20,29H,11H2,1-3H3,(H,28,31)/t17-,20-/m1/s1. The van der Waals surface area contributed by atoms with Gasteiger partial charge in [0.2, 0.25) is 0 Å². The molecular weight excluding hydrogens is 437 g/mol. The number of nitrogens with one attached hydrogen (secondary N) is 2. The molecule has 1 aliphatic heterocycles. The van der Waals surface area contributed by atoms with E-state index in [1.807, 2.05) is 19.1 Å².